The van der Waals surface area contributed by atoms with Gasteiger partial charge in [-0.2, -0.15) is 5.26 Å². The van der Waals surface area contributed by atoms with E-state index in [9.17, 15) is 4.79 Å². The van der Waals surface area contributed by atoms with Crippen molar-refractivity contribution >= 4 is 38.0 Å². The van der Waals surface area contributed by atoms with E-state index in [4.69, 9.17) is 10.2 Å². The third-order valence-corrected chi connectivity index (χ3v) is 10.7. The summed E-state index contributed by atoms with van der Waals surface area (Å²) in [5.41, 5.74) is 2.79. The molecule has 2 N–H and O–H groups in total. The average Bonchev–Trinajstić information content (AvgIpc) is 3.43. The van der Waals surface area contributed by atoms with Crippen molar-refractivity contribution in [2.75, 3.05) is 18.8 Å². The van der Waals surface area contributed by atoms with Crippen LogP contribution in [0.3, 0.4) is 0 Å². The van der Waals surface area contributed by atoms with Gasteiger partial charge in [-0.05, 0) is 87.4 Å². The minimum Gasteiger partial charge on any atom is -0.353 e. The Labute approximate surface area is 209 Å². The van der Waals surface area contributed by atoms with Crippen LogP contribution in [0.15, 0.2) is 18.5 Å². The van der Waals surface area contributed by atoms with E-state index in [0.717, 1.165) is 71.7 Å². The Morgan fingerprint density at radius 3 is 2.60 bits per heavy atom. The number of amides is 1. The molecule has 5 rings (SSSR count). The van der Waals surface area contributed by atoms with Crippen LogP contribution in [0.2, 0.25) is 0 Å². The molecule has 2 aliphatic carbocycles. The third kappa shape index (κ3) is 5.06. The molecule has 35 heavy (non-hydrogen) atoms. The lowest BCUT2D eigenvalue weighted by atomic mass is 9.84. The molecule has 3 aromatic heterocycles. The number of nitriles is 1. The van der Waals surface area contributed by atoms with Gasteiger partial charge in [-0.15, -0.1) is 0 Å². The highest BCUT2D eigenvalue weighted by Gasteiger charge is 2.30. The molecular formula is C27H38N6OS. The molecule has 7 nitrogen and oxygen atoms in total. The highest BCUT2D eigenvalue weighted by Crippen LogP contribution is 2.47. The Morgan fingerprint density at radius 2 is 1.91 bits per heavy atom. The van der Waals surface area contributed by atoms with Gasteiger partial charge < -0.3 is 14.9 Å². The Morgan fingerprint density at radius 1 is 1.17 bits per heavy atom. The first kappa shape index (κ1) is 24.2. The van der Waals surface area contributed by atoms with Gasteiger partial charge in [0, 0.05) is 30.1 Å². The number of imidazole rings is 1. The maximum absolute atomic E-state index is 13.2. The largest absolute Gasteiger partial charge is 0.353 e. The summed E-state index contributed by atoms with van der Waals surface area (Å²) in [4.78, 5) is 25.9. The van der Waals surface area contributed by atoms with Crippen LogP contribution in [0.4, 0.5) is 0 Å². The first-order chi connectivity index (χ1) is 16.8. The molecule has 0 unspecified atom stereocenters. The molecule has 188 valence electrons. The van der Waals surface area contributed by atoms with Crippen LogP contribution in [-0.4, -0.2) is 55.5 Å². The lowest BCUT2D eigenvalue weighted by molar-refractivity contribution is -0.121. The average molecular weight is 495 g/mol. The molecule has 2 aliphatic rings. The van der Waals surface area contributed by atoms with Gasteiger partial charge >= 0.3 is 0 Å². The number of hydrogen-bond acceptors (Lipinski definition) is 4. The van der Waals surface area contributed by atoms with Gasteiger partial charge in [0.1, 0.15) is 17.0 Å². The summed E-state index contributed by atoms with van der Waals surface area (Å²) >= 11 is 0. The zero-order valence-corrected chi connectivity index (χ0v) is 22.0. The number of pyridine rings is 1. The van der Waals surface area contributed by atoms with Crippen molar-refractivity contribution in [2.24, 2.45) is 5.92 Å². The number of carbonyl (C=O) groups is 1. The normalized spacial score (nSPS) is 26.0. The van der Waals surface area contributed by atoms with Crippen LogP contribution in [0.5, 0.6) is 0 Å². The molecule has 1 amide bonds. The van der Waals surface area contributed by atoms with E-state index in [-0.39, 0.29) is 11.9 Å². The quantitative estimate of drug-likeness (QED) is 0.491. The zero-order chi connectivity index (χ0) is 24.6. The van der Waals surface area contributed by atoms with E-state index in [2.05, 4.69) is 50.8 Å². The molecule has 0 atom stereocenters. The summed E-state index contributed by atoms with van der Waals surface area (Å²) in [5.74, 6) is 1.39. The van der Waals surface area contributed by atoms with Gasteiger partial charge in [-0.1, -0.05) is 0 Å². The minimum absolute atomic E-state index is 0.0737. The van der Waals surface area contributed by atoms with Crippen molar-refractivity contribution in [1.29, 1.82) is 5.26 Å². The Balaban J connectivity index is 1.36. The van der Waals surface area contributed by atoms with E-state index in [0.29, 0.717) is 24.8 Å². The fraction of sp³-hybridized carbons (Fsp3) is 0.630. The fourth-order valence-corrected chi connectivity index (χ4v) is 7.92. The van der Waals surface area contributed by atoms with Gasteiger partial charge in [-0.3, -0.25) is 4.79 Å². The highest BCUT2D eigenvalue weighted by atomic mass is 32.3. The van der Waals surface area contributed by atoms with Crippen LogP contribution in [0, 0.1) is 17.2 Å². The summed E-state index contributed by atoms with van der Waals surface area (Å²) in [6, 6.07) is 4.97. The number of carbonyl (C=O) groups excluding carboxylic acids is 1. The van der Waals surface area contributed by atoms with Crippen LogP contribution >= 0.6 is 10.0 Å². The molecule has 0 spiro atoms. The number of aromatic nitrogens is 4. The standard InChI is InChI=1S/C27H38N6OS/c1-35(2,3)21-10-6-19(7-11-21)31-25(34)16-24-32-23-17-30-27-22(13-15-29-27)26(23)33(24)20-8-4-18(5-9-20)12-14-28/h13,15,17-21H,4-12,16H2,1-3H3,(H,29,30)(H,31,34)/t18-,19-,20-,21+. The summed E-state index contributed by atoms with van der Waals surface area (Å²) < 4.78 is 2.33. The number of nitrogens with zero attached hydrogens (tertiary/aromatic N) is 4. The fourth-order valence-electron chi connectivity index (χ4n) is 6.23. The third-order valence-electron chi connectivity index (χ3n) is 8.23. The molecule has 2 fully saturated rings. The van der Waals surface area contributed by atoms with E-state index in [1.807, 2.05) is 12.4 Å². The van der Waals surface area contributed by atoms with E-state index >= 15 is 0 Å². The maximum atomic E-state index is 13.2. The minimum atomic E-state index is -0.532. The van der Waals surface area contributed by atoms with Crippen molar-refractivity contribution in [3.05, 3.63) is 24.3 Å². The summed E-state index contributed by atoms with van der Waals surface area (Å²) in [5, 5.41) is 14.3. The highest BCUT2D eigenvalue weighted by molar-refractivity contribution is 8.32. The van der Waals surface area contributed by atoms with E-state index in [1.165, 1.54) is 12.8 Å². The molecule has 0 bridgehead atoms. The SMILES string of the molecule is CS(C)(C)[C@H]1CC[C@@H](NC(=O)Cc2nc3cnc4[nH]ccc4c3n2[C@H]2CC[C@H](CC#N)CC2)CC1. The van der Waals surface area contributed by atoms with Crippen LogP contribution in [0.25, 0.3) is 22.1 Å². The van der Waals surface area contributed by atoms with Crippen LogP contribution in [0.1, 0.15) is 69.7 Å². The maximum Gasteiger partial charge on any atom is 0.227 e. The number of rotatable bonds is 6. The van der Waals surface area contributed by atoms with Gasteiger partial charge in [0.25, 0.3) is 0 Å². The number of aromatic amines is 1. The second kappa shape index (κ2) is 9.85. The zero-order valence-electron chi connectivity index (χ0n) is 21.2. The molecule has 0 saturated heterocycles. The monoisotopic (exact) mass is 494 g/mol. The van der Waals surface area contributed by atoms with Gasteiger partial charge in [0.05, 0.1) is 24.2 Å². The predicted molar refractivity (Wildman–Crippen MR) is 144 cm³/mol. The van der Waals surface area contributed by atoms with Crippen molar-refractivity contribution in [1.82, 2.24) is 24.8 Å². The Hall–Kier alpha value is -2.53. The Kier molecular flexibility index (Phi) is 6.80. The molecule has 0 aliphatic heterocycles. The first-order valence-corrected chi connectivity index (χ1v) is 15.9. The number of hydrogen-bond donors (Lipinski definition) is 2. The molecule has 8 heteroatoms. The lowest BCUT2D eigenvalue weighted by Gasteiger charge is -2.41. The van der Waals surface area contributed by atoms with Gasteiger partial charge in [0.15, 0.2) is 0 Å². The second-order valence-corrected chi connectivity index (χ2v) is 15.8. The number of fused-ring (bicyclic) bond motifs is 3. The summed E-state index contributed by atoms with van der Waals surface area (Å²) in [7, 11) is -0.532. The molecule has 2 saturated carbocycles. The molecule has 3 aromatic rings. The van der Waals surface area contributed by atoms with Gasteiger partial charge in [-0.25, -0.2) is 20.0 Å². The Bertz CT molecular complexity index is 1230. The molecule has 3 heterocycles. The lowest BCUT2D eigenvalue weighted by Crippen LogP contribution is -2.40. The van der Waals surface area contributed by atoms with Crippen LogP contribution < -0.4 is 5.32 Å². The van der Waals surface area contributed by atoms with E-state index < -0.39 is 10.0 Å². The number of nitrogens with one attached hydrogen (secondary N) is 2. The van der Waals surface area contributed by atoms with Crippen molar-refractivity contribution in [3.63, 3.8) is 0 Å². The van der Waals surface area contributed by atoms with E-state index in [1.54, 1.807) is 0 Å². The predicted octanol–water partition coefficient (Wildman–Crippen LogP) is 5.22. The summed E-state index contributed by atoms with van der Waals surface area (Å²) in [6.45, 7) is 0. The smallest absolute Gasteiger partial charge is 0.227 e. The summed E-state index contributed by atoms with van der Waals surface area (Å²) in [6.07, 6.45) is 20.6. The topological polar surface area (TPSA) is 99.4 Å². The molecule has 0 aromatic carbocycles. The second-order valence-electron chi connectivity index (χ2n) is 11.3. The molecule has 0 radical (unpaired) electrons. The number of H-pyrrole nitrogens is 1. The van der Waals surface area contributed by atoms with Gasteiger partial charge in [0.2, 0.25) is 5.91 Å². The van der Waals surface area contributed by atoms with Crippen molar-refractivity contribution < 1.29 is 4.79 Å². The molecular weight excluding hydrogens is 456 g/mol. The van der Waals surface area contributed by atoms with Crippen molar-refractivity contribution in [3.8, 4) is 6.07 Å². The van der Waals surface area contributed by atoms with Crippen LogP contribution in [-0.2, 0) is 11.2 Å². The first-order valence-electron chi connectivity index (χ1n) is 13.0. The van der Waals surface area contributed by atoms with Crippen molar-refractivity contribution in [2.45, 2.75) is 81.5 Å².